The number of aliphatic carboxylic acids is 1. The van der Waals surface area contributed by atoms with Crippen LogP contribution in [0.3, 0.4) is 0 Å². The third kappa shape index (κ3) is 2.61. The standard InChI is InChI=1S/C13H21NO3/c1-2-8(13(16)17)7-14-12(15)11-9-5-3-4-6-10(9)11/h8-11H,2-7H2,1H3,(H,14,15)(H,16,17). The van der Waals surface area contributed by atoms with Gasteiger partial charge in [-0.3, -0.25) is 9.59 Å². The summed E-state index contributed by atoms with van der Waals surface area (Å²) in [6, 6.07) is 0. The quantitative estimate of drug-likeness (QED) is 0.766. The number of carbonyl (C=O) groups is 2. The van der Waals surface area contributed by atoms with Gasteiger partial charge in [-0.15, -0.1) is 0 Å². The maximum Gasteiger partial charge on any atom is 0.308 e. The zero-order valence-electron chi connectivity index (χ0n) is 10.3. The second-order valence-electron chi connectivity index (χ2n) is 5.33. The molecule has 2 N–H and O–H groups in total. The number of carboxylic acid groups (broad SMARTS) is 1. The van der Waals surface area contributed by atoms with Crippen LogP contribution < -0.4 is 5.32 Å². The van der Waals surface area contributed by atoms with Crippen molar-refractivity contribution in [1.29, 1.82) is 0 Å². The van der Waals surface area contributed by atoms with E-state index in [1.165, 1.54) is 25.7 Å². The van der Waals surface area contributed by atoms with Crippen molar-refractivity contribution in [1.82, 2.24) is 5.32 Å². The van der Waals surface area contributed by atoms with Gasteiger partial charge in [0.15, 0.2) is 0 Å². The Balaban J connectivity index is 1.76. The van der Waals surface area contributed by atoms with E-state index in [0.29, 0.717) is 18.3 Å². The summed E-state index contributed by atoms with van der Waals surface area (Å²) >= 11 is 0. The summed E-state index contributed by atoms with van der Waals surface area (Å²) < 4.78 is 0. The maximum atomic E-state index is 11.9. The summed E-state index contributed by atoms with van der Waals surface area (Å²) in [5, 5.41) is 11.7. The lowest BCUT2D eigenvalue weighted by Crippen LogP contribution is -2.34. The first kappa shape index (κ1) is 12.4. The molecular weight excluding hydrogens is 218 g/mol. The van der Waals surface area contributed by atoms with Crippen molar-refractivity contribution in [3.8, 4) is 0 Å². The van der Waals surface area contributed by atoms with Crippen LogP contribution in [0.15, 0.2) is 0 Å². The molecule has 2 saturated carbocycles. The molecule has 0 spiro atoms. The Morgan fingerprint density at radius 2 is 1.88 bits per heavy atom. The number of carboxylic acids is 1. The fraction of sp³-hybridized carbons (Fsp3) is 0.846. The minimum absolute atomic E-state index is 0.0848. The monoisotopic (exact) mass is 239 g/mol. The average molecular weight is 239 g/mol. The molecule has 3 unspecified atom stereocenters. The Morgan fingerprint density at radius 1 is 1.29 bits per heavy atom. The number of rotatable bonds is 5. The highest BCUT2D eigenvalue weighted by Crippen LogP contribution is 2.55. The minimum atomic E-state index is -0.819. The molecule has 96 valence electrons. The molecule has 0 aromatic carbocycles. The molecule has 3 atom stereocenters. The van der Waals surface area contributed by atoms with Crippen molar-refractivity contribution in [2.75, 3.05) is 6.54 Å². The highest BCUT2D eigenvalue weighted by molar-refractivity contribution is 5.82. The molecule has 0 aromatic heterocycles. The lowest BCUT2D eigenvalue weighted by Gasteiger charge is -2.10. The van der Waals surface area contributed by atoms with Crippen molar-refractivity contribution in [3.05, 3.63) is 0 Å². The molecule has 2 aliphatic rings. The Bertz CT molecular complexity index is 304. The zero-order chi connectivity index (χ0) is 12.4. The van der Waals surface area contributed by atoms with Gasteiger partial charge in [0.25, 0.3) is 0 Å². The van der Waals surface area contributed by atoms with Gasteiger partial charge < -0.3 is 10.4 Å². The van der Waals surface area contributed by atoms with Crippen LogP contribution in [0.5, 0.6) is 0 Å². The maximum absolute atomic E-state index is 11.9. The van der Waals surface area contributed by atoms with Gasteiger partial charge in [-0.25, -0.2) is 0 Å². The van der Waals surface area contributed by atoms with E-state index in [4.69, 9.17) is 5.11 Å². The molecule has 0 saturated heterocycles. The van der Waals surface area contributed by atoms with Gasteiger partial charge in [0.2, 0.25) is 5.91 Å². The topological polar surface area (TPSA) is 66.4 Å². The van der Waals surface area contributed by atoms with E-state index >= 15 is 0 Å². The largest absolute Gasteiger partial charge is 0.481 e. The molecule has 0 radical (unpaired) electrons. The molecule has 17 heavy (non-hydrogen) atoms. The van der Waals surface area contributed by atoms with Gasteiger partial charge in [-0.1, -0.05) is 19.8 Å². The second-order valence-corrected chi connectivity index (χ2v) is 5.33. The molecule has 2 fully saturated rings. The third-order valence-electron chi connectivity index (χ3n) is 4.32. The molecule has 4 heteroatoms. The summed E-state index contributed by atoms with van der Waals surface area (Å²) in [6.45, 7) is 2.11. The van der Waals surface area contributed by atoms with Gasteiger partial charge in [0.1, 0.15) is 0 Å². The van der Waals surface area contributed by atoms with E-state index < -0.39 is 11.9 Å². The van der Waals surface area contributed by atoms with Gasteiger partial charge in [-0.05, 0) is 31.1 Å². The lowest BCUT2D eigenvalue weighted by atomic mass is 10.0. The van der Waals surface area contributed by atoms with Crippen LogP contribution in [-0.4, -0.2) is 23.5 Å². The Labute approximate surface area is 102 Å². The van der Waals surface area contributed by atoms with Crippen molar-refractivity contribution < 1.29 is 14.7 Å². The fourth-order valence-corrected chi connectivity index (χ4v) is 3.13. The van der Waals surface area contributed by atoms with E-state index in [1.807, 2.05) is 6.92 Å². The van der Waals surface area contributed by atoms with Crippen LogP contribution in [0.25, 0.3) is 0 Å². The van der Waals surface area contributed by atoms with E-state index in [0.717, 1.165) is 0 Å². The number of fused-ring (bicyclic) bond motifs is 1. The highest BCUT2D eigenvalue weighted by Gasteiger charge is 2.54. The molecule has 2 aliphatic carbocycles. The molecule has 0 bridgehead atoms. The van der Waals surface area contributed by atoms with Crippen molar-refractivity contribution in [2.45, 2.75) is 39.0 Å². The molecule has 1 amide bonds. The summed E-state index contributed by atoms with van der Waals surface area (Å²) in [5.74, 6) is 0.188. The SMILES string of the molecule is CCC(CNC(=O)C1C2CCCCC21)C(=O)O. The summed E-state index contributed by atoms with van der Waals surface area (Å²) in [5.41, 5.74) is 0. The number of carbonyl (C=O) groups excluding carboxylic acids is 1. The number of hydrogen-bond donors (Lipinski definition) is 2. The van der Waals surface area contributed by atoms with Crippen LogP contribution >= 0.6 is 0 Å². The van der Waals surface area contributed by atoms with E-state index in [1.54, 1.807) is 0 Å². The zero-order valence-corrected chi connectivity index (χ0v) is 10.3. The minimum Gasteiger partial charge on any atom is -0.481 e. The van der Waals surface area contributed by atoms with Crippen molar-refractivity contribution >= 4 is 11.9 Å². The first-order chi connectivity index (χ1) is 8.15. The van der Waals surface area contributed by atoms with Crippen LogP contribution in [0.1, 0.15) is 39.0 Å². The average Bonchev–Trinajstić information content (AvgIpc) is 3.03. The Morgan fingerprint density at radius 3 is 2.35 bits per heavy atom. The summed E-state index contributed by atoms with van der Waals surface area (Å²) in [4.78, 5) is 22.7. The number of hydrogen-bond acceptors (Lipinski definition) is 2. The van der Waals surface area contributed by atoms with E-state index in [2.05, 4.69) is 5.32 Å². The number of amides is 1. The summed E-state index contributed by atoms with van der Waals surface area (Å²) in [6.07, 6.45) is 5.42. The predicted octanol–water partition coefficient (Wildman–Crippen LogP) is 1.65. The van der Waals surface area contributed by atoms with E-state index in [-0.39, 0.29) is 18.4 Å². The van der Waals surface area contributed by atoms with Crippen LogP contribution in [0, 0.1) is 23.7 Å². The molecule has 2 rings (SSSR count). The van der Waals surface area contributed by atoms with Crippen molar-refractivity contribution in [3.63, 3.8) is 0 Å². The molecule has 0 heterocycles. The first-order valence-corrected chi connectivity index (χ1v) is 6.65. The lowest BCUT2D eigenvalue weighted by molar-refractivity contribution is -0.141. The molecular formula is C13H21NO3. The smallest absolute Gasteiger partial charge is 0.308 e. The molecule has 0 aromatic rings. The molecule has 4 nitrogen and oxygen atoms in total. The van der Waals surface area contributed by atoms with Gasteiger partial charge in [-0.2, -0.15) is 0 Å². The van der Waals surface area contributed by atoms with Gasteiger partial charge >= 0.3 is 5.97 Å². The highest BCUT2D eigenvalue weighted by atomic mass is 16.4. The van der Waals surface area contributed by atoms with E-state index in [9.17, 15) is 9.59 Å². The Hall–Kier alpha value is -1.06. The predicted molar refractivity (Wildman–Crippen MR) is 63.4 cm³/mol. The van der Waals surface area contributed by atoms with Crippen LogP contribution in [-0.2, 0) is 9.59 Å². The Kier molecular flexibility index (Phi) is 3.69. The van der Waals surface area contributed by atoms with Crippen LogP contribution in [0.2, 0.25) is 0 Å². The first-order valence-electron chi connectivity index (χ1n) is 6.65. The van der Waals surface area contributed by atoms with Gasteiger partial charge in [0, 0.05) is 12.5 Å². The second kappa shape index (κ2) is 5.07. The number of nitrogens with one attached hydrogen (secondary N) is 1. The molecule has 0 aliphatic heterocycles. The van der Waals surface area contributed by atoms with Crippen LogP contribution in [0.4, 0.5) is 0 Å². The summed E-state index contributed by atoms with van der Waals surface area (Å²) in [7, 11) is 0. The third-order valence-corrected chi connectivity index (χ3v) is 4.32. The van der Waals surface area contributed by atoms with Crippen molar-refractivity contribution in [2.24, 2.45) is 23.7 Å². The fourth-order valence-electron chi connectivity index (χ4n) is 3.13. The normalized spacial score (nSPS) is 32.4. The van der Waals surface area contributed by atoms with Gasteiger partial charge in [0.05, 0.1) is 5.92 Å².